The lowest BCUT2D eigenvalue weighted by Gasteiger charge is -2.44. The van der Waals surface area contributed by atoms with Gasteiger partial charge in [0.05, 0.1) is 5.41 Å². The Morgan fingerprint density at radius 3 is 2.50 bits per heavy atom. The predicted octanol–water partition coefficient (Wildman–Crippen LogP) is 4.57. The zero-order chi connectivity index (χ0) is 22.6. The van der Waals surface area contributed by atoms with Crippen molar-refractivity contribution >= 4 is 11.8 Å². The molecule has 0 spiro atoms. The van der Waals surface area contributed by atoms with Gasteiger partial charge in [-0.25, -0.2) is 0 Å². The monoisotopic (exact) mass is 433 g/mol. The van der Waals surface area contributed by atoms with Crippen LogP contribution >= 0.6 is 0 Å². The van der Waals surface area contributed by atoms with Gasteiger partial charge in [-0.1, -0.05) is 43.5 Å². The van der Waals surface area contributed by atoms with Crippen molar-refractivity contribution in [3.63, 3.8) is 0 Å². The van der Waals surface area contributed by atoms with Crippen molar-refractivity contribution in [3.8, 4) is 11.1 Å². The minimum atomic E-state index is -0.567. The van der Waals surface area contributed by atoms with E-state index in [0.29, 0.717) is 13.0 Å². The lowest BCUT2D eigenvalue weighted by Crippen LogP contribution is -2.55. The maximum absolute atomic E-state index is 13.5. The maximum atomic E-state index is 13.5. The molecule has 5 nitrogen and oxygen atoms in total. The van der Waals surface area contributed by atoms with Crippen LogP contribution in [-0.4, -0.2) is 53.8 Å². The van der Waals surface area contributed by atoms with Crippen LogP contribution in [0, 0.1) is 11.3 Å². The molecule has 1 aliphatic carbocycles. The molecular formula is C27H35N3O2. The molecular weight excluding hydrogens is 398 g/mol. The number of benzene rings is 1. The third-order valence-corrected chi connectivity index (χ3v) is 7.19. The third kappa shape index (κ3) is 4.87. The second kappa shape index (κ2) is 9.85. The Morgan fingerprint density at radius 2 is 1.78 bits per heavy atom. The van der Waals surface area contributed by atoms with Crippen LogP contribution in [0.2, 0.25) is 0 Å². The highest BCUT2D eigenvalue weighted by molar-refractivity contribution is 5.85. The molecule has 32 heavy (non-hydrogen) atoms. The molecule has 2 heterocycles. The molecule has 5 heteroatoms. The SMILES string of the molecule is CN(C)C(=O)[C@@]1(Cc2cccc(-c3ccncc3)c2)CCCN(C(=O)C2CCCCC2)C1. The number of carbonyl (C=O) groups is 2. The molecule has 1 atom stereocenters. The molecule has 2 fully saturated rings. The smallest absolute Gasteiger partial charge is 0.230 e. The van der Waals surface area contributed by atoms with Crippen LogP contribution in [0.15, 0.2) is 48.8 Å². The fourth-order valence-corrected chi connectivity index (χ4v) is 5.59. The number of hydrogen-bond acceptors (Lipinski definition) is 3. The van der Waals surface area contributed by atoms with Gasteiger partial charge in [0.25, 0.3) is 0 Å². The quantitative estimate of drug-likeness (QED) is 0.694. The third-order valence-electron chi connectivity index (χ3n) is 7.19. The summed E-state index contributed by atoms with van der Waals surface area (Å²) in [4.78, 5) is 34.7. The zero-order valence-corrected chi connectivity index (χ0v) is 19.4. The van der Waals surface area contributed by atoms with E-state index in [1.54, 1.807) is 17.3 Å². The van der Waals surface area contributed by atoms with E-state index < -0.39 is 5.41 Å². The Labute approximate surface area is 191 Å². The van der Waals surface area contributed by atoms with E-state index in [0.717, 1.165) is 61.8 Å². The van der Waals surface area contributed by atoms with Gasteiger partial charge in [0.1, 0.15) is 0 Å². The van der Waals surface area contributed by atoms with Gasteiger partial charge in [0, 0.05) is 45.5 Å². The first-order chi connectivity index (χ1) is 15.5. The lowest BCUT2D eigenvalue weighted by atomic mass is 9.73. The molecule has 1 saturated heterocycles. The highest BCUT2D eigenvalue weighted by atomic mass is 16.2. The van der Waals surface area contributed by atoms with Gasteiger partial charge in [-0.15, -0.1) is 0 Å². The summed E-state index contributed by atoms with van der Waals surface area (Å²) in [6.45, 7) is 1.30. The normalized spacial score (nSPS) is 21.9. The summed E-state index contributed by atoms with van der Waals surface area (Å²) < 4.78 is 0. The second-order valence-corrected chi connectivity index (χ2v) is 9.79. The second-order valence-electron chi connectivity index (χ2n) is 9.79. The number of carbonyl (C=O) groups excluding carboxylic acids is 2. The lowest BCUT2D eigenvalue weighted by molar-refractivity contribution is -0.149. The van der Waals surface area contributed by atoms with E-state index in [1.165, 1.54) is 6.42 Å². The van der Waals surface area contributed by atoms with E-state index in [9.17, 15) is 9.59 Å². The first kappa shape index (κ1) is 22.5. The summed E-state index contributed by atoms with van der Waals surface area (Å²) in [6.07, 6.45) is 11.5. The number of nitrogens with zero attached hydrogens (tertiary/aromatic N) is 3. The number of piperidine rings is 1. The Bertz CT molecular complexity index is 937. The average Bonchev–Trinajstić information content (AvgIpc) is 2.84. The van der Waals surface area contributed by atoms with Crippen LogP contribution < -0.4 is 0 Å². The molecule has 0 radical (unpaired) electrons. The molecule has 2 aliphatic rings. The van der Waals surface area contributed by atoms with Gasteiger partial charge < -0.3 is 9.80 Å². The maximum Gasteiger partial charge on any atom is 0.230 e. The number of rotatable bonds is 5. The van der Waals surface area contributed by atoms with Crippen molar-refractivity contribution in [2.75, 3.05) is 27.2 Å². The molecule has 0 unspecified atom stereocenters. The van der Waals surface area contributed by atoms with Gasteiger partial charge in [-0.05, 0) is 60.9 Å². The Kier molecular flexibility index (Phi) is 6.92. The first-order valence-electron chi connectivity index (χ1n) is 12.0. The van der Waals surface area contributed by atoms with Crippen molar-refractivity contribution in [1.29, 1.82) is 0 Å². The van der Waals surface area contributed by atoms with Crippen molar-refractivity contribution < 1.29 is 9.59 Å². The van der Waals surface area contributed by atoms with E-state index in [-0.39, 0.29) is 17.7 Å². The highest BCUT2D eigenvalue weighted by Crippen LogP contribution is 2.38. The average molecular weight is 434 g/mol. The van der Waals surface area contributed by atoms with Crippen molar-refractivity contribution in [3.05, 3.63) is 54.4 Å². The molecule has 1 aromatic carbocycles. The summed E-state index contributed by atoms with van der Waals surface area (Å²) in [5.74, 6) is 0.544. The first-order valence-corrected chi connectivity index (χ1v) is 12.0. The summed E-state index contributed by atoms with van der Waals surface area (Å²) in [6, 6.07) is 12.5. The number of likely N-dealkylation sites (tertiary alicyclic amines) is 1. The molecule has 1 aliphatic heterocycles. The Balaban J connectivity index is 1.59. The van der Waals surface area contributed by atoms with Crippen LogP contribution in [0.3, 0.4) is 0 Å². The van der Waals surface area contributed by atoms with Gasteiger partial charge >= 0.3 is 0 Å². The molecule has 1 saturated carbocycles. The summed E-state index contributed by atoms with van der Waals surface area (Å²) in [5.41, 5.74) is 2.82. The number of amides is 2. The van der Waals surface area contributed by atoms with Gasteiger partial charge in [0.2, 0.25) is 11.8 Å². The minimum Gasteiger partial charge on any atom is -0.348 e. The Morgan fingerprint density at radius 1 is 1.03 bits per heavy atom. The van der Waals surface area contributed by atoms with Gasteiger partial charge in [0.15, 0.2) is 0 Å². The largest absolute Gasteiger partial charge is 0.348 e. The molecule has 4 rings (SSSR count). The molecule has 1 aromatic heterocycles. The van der Waals surface area contributed by atoms with Crippen LogP contribution in [0.1, 0.15) is 50.5 Å². The van der Waals surface area contributed by atoms with Gasteiger partial charge in [-0.2, -0.15) is 0 Å². The van der Waals surface area contributed by atoms with E-state index in [2.05, 4.69) is 29.2 Å². The van der Waals surface area contributed by atoms with Crippen LogP contribution in [-0.2, 0) is 16.0 Å². The zero-order valence-electron chi connectivity index (χ0n) is 19.4. The number of hydrogen-bond donors (Lipinski definition) is 0. The fraction of sp³-hybridized carbons (Fsp3) is 0.519. The predicted molar refractivity (Wildman–Crippen MR) is 127 cm³/mol. The topological polar surface area (TPSA) is 53.5 Å². The molecule has 170 valence electrons. The standard InChI is InChI=1S/C27H35N3O2/c1-29(2)26(32)27(14-7-17-30(20-27)25(31)23-9-4-3-5-10-23)19-21-8-6-11-24(18-21)22-12-15-28-16-13-22/h6,8,11-13,15-16,18,23H,3-5,7,9-10,14,17,19-20H2,1-2H3/t27-/m1/s1. The van der Waals surface area contributed by atoms with E-state index >= 15 is 0 Å². The summed E-state index contributed by atoms with van der Waals surface area (Å²) >= 11 is 0. The minimum absolute atomic E-state index is 0.132. The fourth-order valence-electron chi connectivity index (χ4n) is 5.59. The van der Waals surface area contributed by atoms with E-state index in [4.69, 9.17) is 0 Å². The molecule has 2 amide bonds. The summed E-state index contributed by atoms with van der Waals surface area (Å²) in [7, 11) is 3.67. The van der Waals surface area contributed by atoms with Gasteiger partial charge in [-0.3, -0.25) is 14.6 Å². The van der Waals surface area contributed by atoms with Crippen LogP contribution in [0.4, 0.5) is 0 Å². The summed E-state index contributed by atoms with van der Waals surface area (Å²) in [5, 5.41) is 0. The van der Waals surface area contributed by atoms with Crippen LogP contribution in [0.5, 0.6) is 0 Å². The Hall–Kier alpha value is -2.69. The highest BCUT2D eigenvalue weighted by Gasteiger charge is 2.45. The molecule has 0 bridgehead atoms. The van der Waals surface area contributed by atoms with E-state index in [1.807, 2.05) is 31.1 Å². The number of pyridine rings is 1. The number of aromatic nitrogens is 1. The van der Waals surface area contributed by atoms with Crippen molar-refractivity contribution in [2.45, 2.75) is 51.4 Å². The van der Waals surface area contributed by atoms with Crippen molar-refractivity contribution in [2.24, 2.45) is 11.3 Å². The molecule has 0 N–H and O–H groups in total. The van der Waals surface area contributed by atoms with Crippen molar-refractivity contribution in [1.82, 2.24) is 14.8 Å². The van der Waals surface area contributed by atoms with Crippen LogP contribution in [0.25, 0.3) is 11.1 Å². The molecule has 2 aromatic rings.